The molecule has 3 heterocycles. The molecule has 0 spiro atoms. The second kappa shape index (κ2) is 13.4. The number of hydrogen-bond acceptors (Lipinski definition) is 8. The zero-order chi connectivity index (χ0) is 28.4. The number of aromatic nitrogens is 4. The second-order valence-corrected chi connectivity index (χ2v) is 8.28. The summed E-state index contributed by atoms with van der Waals surface area (Å²) >= 11 is 0. The van der Waals surface area contributed by atoms with Crippen LogP contribution in [0, 0.1) is 0 Å². The Morgan fingerprint density at radius 1 is 1.13 bits per heavy atom. The molecule has 0 radical (unpaired) electrons. The number of carbonyl (C=O) groups excluding carboxylic acids is 1. The van der Waals surface area contributed by atoms with Gasteiger partial charge in [-0.2, -0.15) is 13.2 Å². The number of pyridine rings is 2. The van der Waals surface area contributed by atoms with Crippen LogP contribution in [0.5, 0.6) is 17.4 Å². The quantitative estimate of drug-likeness (QED) is 0.398. The van der Waals surface area contributed by atoms with Gasteiger partial charge in [-0.15, -0.1) is 0 Å². The molecule has 1 aliphatic carbocycles. The average molecular weight is 551 g/mol. The van der Waals surface area contributed by atoms with Crippen molar-refractivity contribution in [3.63, 3.8) is 0 Å². The number of alkyl halides is 4. The Hall–Kier alpha value is -4.36. The van der Waals surface area contributed by atoms with Crippen molar-refractivity contribution < 1.29 is 41.7 Å². The van der Waals surface area contributed by atoms with E-state index in [2.05, 4.69) is 25.3 Å². The lowest BCUT2D eigenvalue weighted by molar-refractivity contribution is -0.192. The van der Waals surface area contributed by atoms with Gasteiger partial charge in [-0.25, -0.2) is 24.1 Å². The van der Waals surface area contributed by atoms with Crippen LogP contribution in [0.15, 0.2) is 49.2 Å². The predicted molar refractivity (Wildman–Crippen MR) is 129 cm³/mol. The van der Waals surface area contributed by atoms with Crippen molar-refractivity contribution >= 4 is 11.9 Å². The summed E-state index contributed by atoms with van der Waals surface area (Å²) < 4.78 is 56.7. The average Bonchev–Trinajstić information content (AvgIpc) is 2.90. The maximum absolute atomic E-state index is 13.6. The van der Waals surface area contributed by atoms with Gasteiger partial charge in [-0.05, 0) is 50.8 Å². The summed E-state index contributed by atoms with van der Waals surface area (Å²) in [5.41, 5.74) is 0.945. The molecule has 10 nitrogen and oxygen atoms in total. The number of carbonyl (C=O) groups is 2. The monoisotopic (exact) mass is 551 g/mol. The lowest BCUT2D eigenvalue weighted by atomic mass is 9.94. The van der Waals surface area contributed by atoms with Crippen LogP contribution in [-0.2, 0) is 4.79 Å². The fourth-order valence-corrected chi connectivity index (χ4v) is 3.55. The molecular weight excluding hydrogens is 526 g/mol. The normalized spacial score (nSPS) is 16.8. The van der Waals surface area contributed by atoms with E-state index in [1.165, 1.54) is 12.4 Å². The Morgan fingerprint density at radius 2 is 1.85 bits per heavy atom. The molecule has 39 heavy (non-hydrogen) atoms. The van der Waals surface area contributed by atoms with E-state index in [4.69, 9.17) is 19.4 Å². The number of amides is 1. The molecule has 2 atom stereocenters. The Kier molecular flexibility index (Phi) is 10.1. The third-order valence-electron chi connectivity index (χ3n) is 5.32. The van der Waals surface area contributed by atoms with Gasteiger partial charge in [0.15, 0.2) is 11.6 Å². The van der Waals surface area contributed by atoms with Gasteiger partial charge in [-0.3, -0.25) is 9.78 Å². The second-order valence-electron chi connectivity index (χ2n) is 8.28. The van der Waals surface area contributed by atoms with Crippen molar-refractivity contribution in [1.29, 1.82) is 0 Å². The Morgan fingerprint density at radius 3 is 2.49 bits per heavy atom. The molecule has 4 rings (SSSR count). The third kappa shape index (κ3) is 8.86. The minimum atomic E-state index is -5.08. The Balaban J connectivity index is 0.000000532. The van der Waals surface area contributed by atoms with Gasteiger partial charge < -0.3 is 19.9 Å². The molecule has 1 amide bonds. The highest BCUT2D eigenvalue weighted by molar-refractivity contribution is 5.93. The molecule has 1 aliphatic rings. The Labute approximate surface area is 220 Å². The lowest BCUT2D eigenvalue weighted by Gasteiger charge is -2.25. The van der Waals surface area contributed by atoms with Crippen molar-refractivity contribution in [2.24, 2.45) is 0 Å². The molecule has 0 bridgehead atoms. The molecule has 3 aromatic rings. The van der Waals surface area contributed by atoms with E-state index in [1.54, 1.807) is 36.8 Å². The highest BCUT2D eigenvalue weighted by atomic mass is 19.4. The predicted octanol–water partition coefficient (Wildman–Crippen LogP) is 4.77. The van der Waals surface area contributed by atoms with Gasteiger partial charge in [0.2, 0.25) is 0 Å². The van der Waals surface area contributed by atoms with Crippen LogP contribution in [-0.4, -0.2) is 61.9 Å². The summed E-state index contributed by atoms with van der Waals surface area (Å²) in [5.74, 6) is -1.35. The van der Waals surface area contributed by atoms with E-state index in [-0.39, 0.29) is 11.9 Å². The van der Waals surface area contributed by atoms with Crippen molar-refractivity contribution in [3.05, 3.63) is 54.7 Å². The maximum atomic E-state index is 13.6. The summed E-state index contributed by atoms with van der Waals surface area (Å²) in [7, 11) is 0. The molecule has 0 unspecified atom stereocenters. The first-order valence-corrected chi connectivity index (χ1v) is 11.8. The van der Waals surface area contributed by atoms with Crippen LogP contribution >= 0.6 is 0 Å². The fourth-order valence-electron chi connectivity index (χ4n) is 3.55. The van der Waals surface area contributed by atoms with E-state index in [1.807, 2.05) is 6.92 Å². The molecule has 0 saturated heterocycles. The van der Waals surface area contributed by atoms with Crippen LogP contribution < -0.4 is 14.8 Å². The van der Waals surface area contributed by atoms with Gasteiger partial charge in [0.1, 0.15) is 11.9 Å². The highest BCUT2D eigenvalue weighted by Gasteiger charge is 2.38. The number of hydrogen-bond donors (Lipinski definition) is 2. The summed E-state index contributed by atoms with van der Waals surface area (Å²) in [6.45, 7) is 2.37. The van der Waals surface area contributed by atoms with Crippen molar-refractivity contribution in [2.75, 3.05) is 6.61 Å². The molecule has 0 aromatic carbocycles. The molecule has 3 aromatic heterocycles. The van der Waals surface area contributed by atoms with Crippen molar-refractivity contribution in [2.45, 2.75) is 51.0 Å². The van der Waals surface area contributed by atoms with Crippen molar-refractivity contribution in [1.82, 2.24) is 25.3 Å². The maximum Gasteiger partial charge on any atom is 0.490 e. The smallest absolute Gasteiger partial charge is 0.488 e. The summed E-state index contributed by atoms with van der Waals surface area (Å²) in [6, 6.07) is 5.12. The zero-order valence-corrected chi connectivity index (χ0v) is 20.7. The van der Waals surface area contributed by atoms with Gasteiger partial charge >= 0.3 is 12.1 Å². The Bertz CT molecular complexity index is 1260. The SMILES string of the molecule is CCOc1cccnc1Oc1cncc(-c2ncc(C(=O)N[C@H]3CCC[C@H](F)C3)cn2)c1.O=C(O)C(F)(F)F. The molecule has 14 heteroatoms. The first kappa shape index (κ1) is 29.2. The topological polar surface area (TPSA) is 136 Å². The van der Waals surface area contributed by atoms with E-state index < -0.39 is 18.3 Å². The largest absolute Gasteiger partial charge is 0.490 e. The number of rotatable bonds is 7. The minimum absolute atomic E-state index is 0.155. The molecule has 1 saturated carbocycles. The molecular formula is C25H25F4N5O5. The number of nitrogens with one attached hydrogen (secondary N) is 1. The highest BCUT2D eigenvalue weighted by Crippen LogP contribution is 2.30. The standard InChI is InChI=1S/C23H24FN5O3.C2HF3O2/c1-2-31-20-7-4-8-26-23(20)32-19-9-15(11-25-14-19)21-27-12-16(13-28-21)22(30)29-18-6-3-5-17(24)10-18;3-2(4,5)1(6)7/h4,7-9,11-14,17-18H,2-3,5-6,10H2,1H3,(H,29,30);(H,6,7)/t17-,18-;/m0./s1. The minimum Gasteiger partial charge on any atom is -0.488 e. The molecule has 2 N–H and O–H groups in total. The first-order valence-electron chi connectivity index (χ1n) is 11.8. The van der Waals surface area contributed by atoms with E-state index in [9.17, 15) is 22.4 Å². The van der Waals surface area contributed by atoms with E-state index in [0.29, 0.717) is 53.8 Å². The lowest BCUT2D eigenvalue weighted by Crippen LogP contribution is -2.39. The number of aliphatic carboxylic acids is 1. The van der Waals surface area contributed by atoms with Crippen LogP contribution in [0.2, 0.25) is 0 Å². The van der Waals surface area contributed by atoms with Crippen LogP contribution in [0.1, 0.15) is 43.0 Å². The van der Waals surface area contributed by atoms with Gasteiger partial charge in [0.05, 0.1) is 18.4 Å². The number of carboxylic acids is 1. The van der Waals surface area contributed by atoms with Crippen molar-refractivity contribution in [3.8, 4) is 28.8 Å². The van der Waals surface area contributed by atoms with Gasteiger partial charge in [0, 0.05) is 36.4 Å². The summed E-state index contributed by atoms with van der Waals surface area (Å²) in [5, 5.41) is 9.99. The number of ether oxygens (including phenoxy) is 2. The van der Waals surface area contributed by atoms with E-state index in [0.717, 1.165) is 12.8 Å². The molecule has 0 aliphatic heterocycles. The van der Waals surface area contributed by atoms with Gasteiger partial charge in [0.25, 0.3) is 11.8 Å². The summed E-state index contributed by atoms with van der Waals surface area (Å²) in [6.07, 6.45) is 4.21. The number of halogens is 4. The first-order chi connectivity index (χ1) is 18.6. The van der Waals surface area contributed by atoms with Crippen LogP contribution in [0.25, 0.3) is 11.4 Å². The van der Waals surface area contributed by atoms with Crippen LogP contribution in [0.4, 0.5) is 17.6 Å². The molecule has 208 valence electrons. The van der Waals surface area contributed by atoms with Gasteiger partial charge in [-0.1, -0.05) is 0 Å². The number of carboxylic acid groups (broad SMARTS) is 1. The summed E-state index contributed by atoms with van der Waals surface area (Å²) in [4.78, 5) is 38.3. The third-order valence-corrected chi connectivity index (χ3v) is 5.32. The fraction of sp³-hybridized carbons (Fsp3) is 0.360. The zero-order valence-electron chi connectivity index (χ0n) is 20.7. The molecule has 1 fully saturated rings. The number of nitrogens with zero attached hydrogens (tertiary/aromatic N) is 4. The van der Waals surface area contributed by atoms with Crippen LogP contribution in [0.3, 0.4) is 0 Å². The van der Waals surface area contributed by atoms with E-state index >= 15 is 0 Å².